The van der Waals surface area contributed by atoms with Crippen LogP contribution in [-0.2, 0) is 4.79 Å². The summed E-state index contributed by atoms with van der Waals surface area (Å²) in [4.78, 5) is 11.8. The first-order valence-electron chi connectivity index (χ1n) is 6.84. The molecular weight excluding hydrogens is 232 g/mol. The van der Waals surface area contributed by atoms with Crippen molar-refractivity contribution in [2.75, 3.05) is 18.2 Å². The van der Waals surface area contributed by atoms with E-state index in [4.69, 9.17) is 0 Å². The van der Waals surface area contributed by atoms with Crippen LogP contribution in [0.2, 0.25) is 0 Å². The van der Waals surface area contributed by atoms with E-state index in [1.807, 2.05) is 0 Å². The second-order valence-corrected chi connectivity index (χ2v) is 6.51. The van der Waals surface area contributed by atoms with Crippen LogP contribution in [0.3, 0.4) is 0 Å². The van der Waals surface area contributed by atoms with Crippen LogP contribution in [0.5, 0.6) is 0 Å². The van der Waals surface area contributed by atoms with E-state index in [1.54, 1.807) is 11.8 Å². The van der Waals surface area contributed by atoms with Gasteiger partial charge in [0.1, 0.15) is 0 Å². The normalized spacial score (nSPS) is 33.6. The summed E-state index contributed by atoms with van der Waals surface area (Å²) >= 11 is 1.80. The number of nitrogens with one attached hydrogen (secondary N) is 2. The van der Waals surface area contributed by atoms with Crippen molar-refractivity contribution < 1.29 is 4.79 Å². The van der Waals surface area contributed by atoms with Crippen molar-refractivity contribution in [2.45, 2.75) is 45.1 Å². The van der Waals surface area contributed by atoms with E-state index in [-0.39, 0.29) is 11.9 Å². The van der Waals surface area contributed by atoms with E-state index in [0.717, 1.165) is 30.0 Å². The van der Waals surface area contributed by atoms with Gasteiger partial charge in [0, 0.05) is 18.2 Å². The van der Waals surface area contributed by atoms with Crippen LogP contribution < -0.4 is 10.6 Å². The number of amides is 1. The summed E-state index contributed by atoms with van der Waals surface area (Å²) in [5.74, 6) is 3.79. The third kappa shape index (κ3) is 4.18. The third-order valence-corrected chi connectivity index (χ3v) is 4.96. The lowest BCUT2D eigenvalue weighted by Crippen LogP contribution is -2.42. The minimum absolute atomic E-state index is 0.0476. The topological polar surface area (TPSA) is 41.1 Å². The van der Waals surface area contributed by atoms with Crippen LogP contribution >= 0.6 is 11.8 Å². The summed E-state index contributed by atoms with van der Waals surface area (Å²) in [6.45, 7) is 3.21. The molecule has 1 aliphatic heterocycles. The molecule has 17 heavy (non-hydrogen) atoms. The van der Waals surface area contributed by atoms with Gasteiger partial charge in [-0.3, -0.25) is 10.1 Å². The van der Waals surface area contributed by atoms with E-state index < -0.39 is 0 Å². The maximum atomic E-state index is 11.8. The fourth-order valence-electron chi connectivity index (χ4n) is 2.70. The van der Waals surface area contributed by atoms with Crippen LogP contribution in [-0.4, -0.2) is 30.1 Å². The second kappa shape index (κ2) is 6.64. The van der Waals surface area contributed by atoms with Gasteiger partial charge in [0.05, 0.1) is 6.04 Å². The monoisotopic (exact) mass is 256 g/mol. The zero-order valence-corrected chi connectivity index (χ0v) is 11.5. The van der Waals surface area contributed by atoms with E-state index in [9.17, 15) is 4.79 Å². The largest absolute Gasteiger partial charge is 0.355 e. The maximum absolute atomic E-state index is 11.8. The molecule has 2 N–H and O–H groups in total. The quantitative estimate of drug-likeness (QED) is 0.808. The predicted octanol–water partition coefficient (Wildman–Crippen LogP) is 1.98. The molecule has 1 saturated carbocycles. The summed E-state index contributed by atoms with van der Waals surface area (Å²) in [6, 6.07) is 0.0476. The van der Waals surface area contributed by atoms with Crippen LogP contribution in [0.25, 0.3) is 0 Å². The summed E-state index contributed by atoms with van der Waals surface area (Å²) in [5.41, 5.74) is 0. The van der Waals surface area contributed by atoms with E-state index in [0.29, 0.717) is 0 Å². The highest BCUT2D eigenvalue weighted by Crippen LogP contribution is 2.29. The molecule has 1 atom stereocenters. The van der Waals surface area contributed by atoms with Crippen LogP contribution in [0.1, 0.15) is 39.0 Å². The Kier molecular flexibility index (Phi) is 5.16. The van der Waals surface area contributed by atoms with Gasteiger partial charge in [-0.1, -0.05) is 32.6 Å². The van der Waals surface area contributed by atoms with Crippen LogP contribution in [0.4, 0.5) is 0 Å². The first-order valence-corrected chi connectivity index (χ1v) is 8.00. The van der Waals surface area contributed by atoms with E-state index >= 15 is 0 Å². The minimum atomic E-state index is 0.0476. The highest BCUT2D eigenvalue weighted by atomic mass is 32.2. The van der Waals surface area contributed by atoms with Crippen molar-refractivity contribution >= 4 is 17.7 Å². The maximum Gasteiger partial charge on any atom is 0.238 e. The predicted molar refractivity (Wildman–Crippen MR) is 73.0 cm³/mol. The molecule has 2 rings (SSSR count). The van der Waals surface area contributed by atoms with E-state index in [1.165, 1.54) is 32.1 Å². The Morgan fingerprint density at radius 1 is 1.35 bits per heavy atom. The number of carbonyl (C=O) groups excluding carboxylic acids is 1. The fourth-order valence-corrected chi connectivity index (χ4v) is 3.65. The average molecular weight is 256 g/mol. The van der Waals surface area contributed by atoms with Gasteiger partial charge in [0.2, 0.25) is 5.91 Å². The van der Waals surface area contributed by atoms with Crippen LogP contribution in [0, 0.1) is 11.8 Å². The first kappa shape index (κ1) is 13.2. The van der Waals surface area contributed by atoms with Crippen molar-refractivity contribution in [1.82, 2.24) is 10.6 Å². The van der Waals surface area contributed by atoms with Gasteiger partial charge in [0.15, 0.2) is 0 Å². The molecule has 0 spiro atoms. The molecule has 1 saturated heterocycles. The molecular formula is C13H24N2OS. The lowest BCUT2D eigenvalue weighted by molar-refractivity contribution is -0.122. The molecule has 1 heterocycles. The molecule has 0 aromatic heterocycles. The number of hydrogen-bond donors (Lipinski definition) is 2. The van der Waals surface area contributed by atoms with Gasteiger partial charge in [-0.25, -0.2) is 0 Å². The molecule has 0 aromatic rings. The van der Waals surface area contributed by atoms with Crippen molar-refractivity contribution in [3.63, 3.8) is 0 Å². The summed E-state index contributed by atoms with van der Waals surface area (Å²) in [5, 5.41) is 6.27. The Bertz CT molecular complexity index is 246. The van der Waals surface area contributed by atoms with Gasteiger partial charge in [0.25, 0.3) is 0 Å². The van der Waals surface area contributed by atoms with Gasteiger partial charge in [-0.05, 0) is 18.3 Å². The smallest absolute Gasteiger partial charge is 0.238 e. The highest BCUT2D eigenvalue weighted by molar-refractivity contribution is 7.99. The van der Waals surface area contributed by atoms with Gasteiger partial charge < -0.3 is 5.32 Å². The molecule has 0 aromatic carbocycles. The Hall–Kier alpha value is -0.220. The summed E-state index contributed by atoms with van der Waals surface area (Å²) in [6.07, 6.45) is 6.63. The SMILES string of the molecule is CC1CCC(CCNC(=O)C2CSCN2)CC1. The molecule has 2 fully saturated rings. The number of thioether (sulfide) groups is 1. The lowest BCUT2D eigenvalue weighted by atomic mass is 9.81. The Labute approximate surface area is 108 Å². The number of hydrogen-bond acceptors (Lipinski definition) is 3. The zero-order valence-electron chi connectivity index (χ0n) is 10.7. The third-order valence-electron chi connectivity index (χ3n) is 4.02. The Morgan fingerprint density at radius 2 is 2.12 bits per heavy atom. The Morgan fingerprint density at radius 3 is 2.76 bits per heavy atom. The van der Waals surface area contributed by atoms with Crippen molar-refractivity contribution in [2.24, 2.45) is 11.8 Å². The average Bonchev–Trinajstić information content (AvgIpc) is 2.85. The lowest BCUT2D eigenvalue weighted by Gasteiger charge is -2.26. The molecule has 2 aliphatic rings. The fraction of sp³-hybridized carbons (Fsp3) is 0.923. The number of rotatable bonds is 4. The summed E-state index contributed by atoms with van der Waals surface area (Å²) < 4.78 is 0. The molecule has 1 unspecified atom stereocenters. The van der Waals surface area contributed by atoms with Crippen molar-refractivity contribution in [3.8, 4) is 0 Å². The molecule has 1 amide bonds. The molecule has 4 heteroatoms. The minimum Gasteiger partial charge on any atom is -0.355 e. The zero-order chi connectivity index (χ0) is 12.1. The second-order valence-electron chi connectivity index (χ2n) is 5.48. The van der Waals surface area contributed by atoms with Crippen molar-refractivity contribution in [3.05, 3.63) is 0 Å². The first-order chi connectivity index (χ1) is 8.25. The van der Waals surface area contributed by atoms with Crippen molar-refractivity contribution in [1.29, 1.82) is 0 Å². The van der Waals surface area contributed by atoms with Gasteiger partial charge in [-0.15, -0.1) is 11.8 Å². The molecule has 0 radical (unpaired) electrons. The highest BCUT2D eigenvalue weighted by Gasteiger charge is 2.22. The van der Waals surface area contributed by atoms with Gasteiger partial charge in [-0.2, -0.15) is 0 Å². The number of carbonyl (C=O) groups is 1. The molecule has 3 nitrogen and oxygen atoms in total. The van der Waals surface area contributed by atoms with E-state index in [2.05, 4.69) is 17.6 Å². The Balaban J connectivity index is 1.57. The van der Waals surface area contributed by atoms with Crippen LogP contribution in [0.15, 0.2) is 0 Å². The molecule has 98 valence electrons. The molecule has 0 bridgehead atoms. The van der Waals surface area contributed by atoms with Gasteiger partial charge >= 0.3 is 0 Å². The summed E-state index contributed by atoms with van der Waals surface area (Å²) in [7, 11) is 0. The molecule has 1 aliphatic carbocycles. The standard InChI is InChI=1S/C13H24N2OS/c1-10-2-4-11(5-3-10)6-7-14-13(16)12-8-17-9-15-12/h10-12,15H,2-9H2,1H3,(H,14,16).